The van der Waals surface area contributed by atoms with Crippen LogP contribution >= 0.6 is 0 Å². The van der Waals surface area contributed by atoms with Gasteiger partial charge in [0.15, 0.2) is 23.0 Å². The van der Waals surface area contributed by atoms with E-state index < -0.39 is 11.9 Å². The van der Waals surface area contributed by atoms with E-state index >= 15 is 4.39 Å². The van der Waals surface area contributed by atoms with Crippen molar-refractivity contribution >= 4 is 28.8 Å². The Balaban J connectivity index is 1.28. The summed E-state index contributed by atoms with van der Waals surface area (Å²) in [6, 6.07) is 7.33. The maximum absolute atomic E-state index is 15.8. The first-order valence-electron chi connectivity index (χ1n) is 12.2. The van der Waals surface area contributed by atoms with Gasteiger partial charge in [-0.3, -0.25) is 4.90 Å². The summed E-state index contributed by atoms with van der Waals surface area (Å²) in [5, 5.41) is 39.8. The van der Waals surface area contributed by atoms with Crippen LogP contribution < -0.4 is 15.5 Å². The third-order valence-electron chi connectivity index (χ3n) is 6.97. The van der Waals surface area contributed by atoms with Gasteiger partial charge in [-0.25, -0.2) is 9.37 Å². The minimum Gasteiger partial charge on any atom is -0.389 e. The van der Waals surface area contributed by atoms with Crippen molar-refractivity contribution in [1.82, 2.24) is 24.5 Å². The molecule has 1 aliphatic carbocycles. The topological polar surface area (TPSA) is 151 Å². The molecule has 2 aliphatic heterocycles. The zero-order valence-electron chi connectivity index (χ0n) is 19.9. The molecule has 4 heterocycles. The molecule has 13 heteroatoms. The van der Waals surface area contributed by atoms with Crippen molar-refractivity contribution in [2.75, 3.05) is 54.9 Å². The number of nitrogens with zero attached hydrogens (tertiary/aromatic N) is 8. The van der Waals surface area contributed by atoms with E-state index in [0.717, 1.165) is 12.8 Å². The molecular weight excluding hydrogens is 479 g/mol. The number of aromatic nitrogens is 4. The molecule has 37 heavy (non-hydrogen) atoms. The fraction of sp³-hybridized carbons (Fsp3) is 0.458. The lowest BCUT2D eigenvalue weighted by Crippen LogP contribution is -2.53. The maximum Gasteiger partial charge on any atom is 0.247 e. The molecule has 0 amide bonds. The predicted molar refractivity (Wildman–Crippen MR) is 131 cm³/mol. The van der Waals surface area contributed by atoms with E-state index in [9.17, 15) is 15.6 Å². The van der Waals surface area contributed by atoms with Crippen LogP contribution in [0.3, 0.4) is 0 Å². The van der Waals surface area contributed by atoms with Crippen LogP contribution in [0.2, 0.25) is 0 Å². The highest BCUT2D eigenvalue weighted by Gasteiger charge is 2.34. The number of fused-ring (bicyclic) bond motifs is 1. The number of ether oxygens (including phenoxy) is 1. The van der Waals surface area contributed by atoms with E-state index in [1.807, 2.05) is 11.0 Å². The highest BCUT2D eigenvalue weighted by atomic mass is 19.1. The van der Waals surface area contributed by atoms with Crippen molar-refractivity contribution in [3.63, 3.8) is 0 Å². The molecule has 1 saturated carbocycles. The SMILES string of the molecule is N#Cc1cc(Nc2nc(NC3CC3)c3ncc(C#N)n3n2)c(F)c(N2CCN([C@@H]3COC[C@H]3O)CC2)c1. The molecule has 3 N–H and O–H groups in total. The lowest BCUT2D eigenvalue weighted by Gasteiger charge is -2.39. The fourth-order valence-electron chi connectivity index (χ4n) is 4.82. The van der Waals surface area contributed by atoms with E-state index in [2.05, 4.69) is 36.7 Å². The molecular formula is C24H25FN10O2. The Morgan fingerprint density at radius 2 is 1.92 bits per heavy atom. The predicted octanol–water partition coefficient (Wildman–Crippen LogP) is 1.21. The molecule has 0 unspecified atom stereocenters. The molecule has 0 radical (unpaired) electrons. The van der Waals surface area contributed by atoms with Gasteiger partial charge >= 0.3 is 0 Å². The summed E-state index contributed by atoms with van der Waals surface area (Å²) in [7, 11) is 0. The average molecular weight is 505 g/mol. The number of nitrogens with one attached hydrogen (secondary N) is 2. The molecule has 2 atom stereocenters. The first-order chi connectivity index (χ1) is 18.0. The Bertz CT molecular complexity index is 1420. The van der Waals surface area contributed by atoms with Crippen LogP contribution in [0.5, 0.6) is 0 Å². The standard InChI is InChI=1S/C24H25FN10O2/c25-21-17(30-24-31-22(29-15-1-2-15)23-28-11-16(10-27)35(23)32-24)7-14(9-26)8-18(21)33-3-5-34(6-4-33)19-12-37-13-20(19)36/h7-8,11,15,19-20,36H,1-6,12-13H2,(H2,29,30,31,32)/t19-,20-/m1/s1. The summed E-state index contributed by atoms with van der Waals surface area (Å²) in [5.74, 6) is 0.00104. The van der Waals surface area contributed by atoms with Gasteiger partial charge in [-0.15, -0.1) is 5.10 Å². The van der Waals surface area contributed by atoms with Crippen LogP contribution in [-0.2, 0) is 4.74 Å². The van der Waals surface area contributed by atoms with Crippen molar-refractivity contribution < 1.29 is 14.2 Å². The van der Waals surface area contributed by atoms with Crippen molar-refractivity contribution in [1.29, 1.82) is 10.5 Å². The molecule has 2 aromatic heterocycles. The molecule has 190 valence electrons. The average Bonchev–Trinajstić information content (AvgIpc) is 3.46. The monoisotopic (exact) mass is 504 g/mol. The fourth-order valence-corrected chi connectivity index (χ4v) is 4.82. The van der Waals surface area contributed by atoms with Gasteiger partial charge < -0.3 is 25.4 Å². The first kappa shape index (κ1) is 23.4. The van der Waals surface area contributed by atoms with Crippen molar-refractivity contribution in [3.8, 4) is 12.1 Å². The van der Waals surface area contributed by atoms with Gasteiger partial charge in [0.2, 0.25) is 5.95 Å². The number of anilines is 4. The number of aliphatic hydroxyl groups is 1. The molecule has 3 aromatic rings. The Labute approximate surface area is 211 Å². The Kier molecular flexibility index (Phi) is 5.96. The van der Waals surface area contributed by atoms with Crippen molar-refractivity contribution in [2.45, 2.75) is 31.0 Å². The first-order valence-corrected chi connectivity index (χ1v) is 12.2. The second kappa shape index (κ2) is 9.44. The van der Waals surface area contributed by atoms with Crippen LogP contribution in [0.4, 0.5) is 27.5 Å². The van der Waals surface area contributed by atoms with Crippen LogP contribution in [0.15, 0.2) is 18.3 Å². The lowest BCUT2D eigenvalue weighted by molar-refractivity contribution is 0.0784. The van der Waals surface area contributed by atoms with Gasteiger partial charge in [-0.1, -0.05) is 0 Å². The number of rotatable bonds is 6. The minimum atomic E-state index is -0.525. The quantitative estimate of drug-likeness (QED) is 0.444. The summed E-state index contributed by atoms with van der Waals surface area (Å²) in [6.07, 6.45) is 2.91. The highest BCUT2D eigenvalue weighted by molar-refractivity contribution is 5.70. The van der Waals surface area contributed by atoms with Crippen LogP contribution in [0.1, 0.15) is 24.1 Å². The van der Waals surface area contributed by atoms with Gasteiger partial charge in [0.25, 0.3) is 0 Å². The van der Waals surface area contributed by atoms with Crippen molar-refractivity contribution in [3.05, 3.63) is 35.4 Å². The number of halogens is 1. The second-order valence-corrected chi connectivity index (χ2v) is 9.48. The van der Waals surface area contributed by atoms with Crippen LogP contribution in [0, 0.1) is 28.5 Å². The molecule has 0 bridgehead atoms. The van der Waals surface area contributed by atoms with E-state index in [-0.39, 0.29) is 29.4 Å². The summed E-state index contributed by atoms with van der Waals surface area (Å²) in [6.45, 7) is 3.16. The number of nitriles is 2. The minimum absolute atomic E-state index is 0.0540. The Morgan fingerprint density at radius 1 is 1.11 bits per heavy atom. The molecule has 3 aliphatic rings. The van der Waals surface area contributed by atoms with E-state index in [4.69, 9.17) is 4.74 Å². The zero-order valence-corrected chi connectivity index (χ0v) is 19.9. The smallest absolute Gasteiger partial charge is 0.247 e. The second-order valence-electron chi connectivity index (χ2n) is 9.48. The summed E-state index contributed by atoms with van der Waals surface area (Å²) < 4.78 is 22.6. The van der Waals surface area contributed by atoms with Gasteiger partial charge in [0.05, 0.1) is 54.6 Å². The molecule has 6 rings (SSSR count). The number of benzene rings is 1. The third kappa shape index (κ3) is 4.49. The van der Waals surface area contributed by atoms with Crippen LogP contribution in [0.25, 0.3) is 5.65 Å². The normalized spacial score (nSPS) is 22.1. The van der Waals surface area contributed by atoms with Gasteiger partial charge in [-0.05, 0) is 25.0 Å². The Hall–Kier alpha value is -4.04. The maximum atomic E-state index is 15.8. The molecule has 0 spiro atoms. The number of piperazine rings is 1. The van der Waals surface area contributed by atoms with E-state index in [0.29, 0.717) is 62.1 Å². The van der Waals surface area contributed by atoms with Gasteiger partial charge in [-0.2, -0.15) is 20.0 Å². The zero-order chi connectivity index (χ0) is 25.5. The van der Waals surface area contributed by atoms with Gasteiger partial charge in [0.1, 0.15) is 6.07 Å². The summed E-state index contributed by atoms with van der Waals surface area (Å²) >= 11 is 0. The molecule has 2 saturated heterocycles. The van der Waals surface area contributed by atoms with Crippen LogP contribution in [-0.4, -0.2) is 87.2 Å². The molecule has 3 fully saturated rings. The lowest BCUT2D eigenvalue weighted by atomic mass is 10.1. The number of imidazole rings is 1. The van der Waals surface area contributed by atoms with Gasteiger partial charge in [0, 0.05) is 32.2 Å². The van der Waals surface area contributed by atoms with Crippen molar-refractivity contribution in [2.24, 2.45) is 0 Å². The number of hydrogen-bond acceptors (Lipinski definition) is 11. The molecule has 1 aromatic carbocycles. The Morgan fingerprint density at radius 3 is 2.59 bits per heavy atom. The summed E-state index contributed by atoms with van der Waals surface area (Å²) in [4.78, 5) is 12.8. The van der Waals surface area contributed by atoms with E-state index in [1.54, 1.807) is 0 Å². The van der Waals surface area contributed by atoms with E-state index in [1.165, 1.54) is 22.8 Å². The molecule has 12 nitrogen and oxygen atoms in total. The third-order valence-corrected chi connectivity index (χ3v) is 6.97. The highest BCUT2D eigenvalue weighted by Crippen LogP contribution is 2.32. The largest absolute Gasteiger partial charge is 0.389 e. The number of aliphatic hydroxyl groups excluding tert-OH is 1. The number of hydrogen-bond donors (Lipinski definition) is 3. The summed E-state index contributed by atoms with van der Waals surface area (Å²) in [5.41, 5.74) is 1.30.